The average Bonchev–Trinajstić information content (AvgIpc) is 2.68. The van der Waals surface area contributed by atoms with Gasteiger partial charge in [-0.25, -0.2) is 4.79 Å². The highest BCUT2D eigenvalue weighted by Gasteiger charge is 2.17. The van der Waals surface area contributed by atoms with E-state index in [4.69, 9.17) is 4.74 Å². The summed E-state index contributed by atoms with van der Waals surface area (Å²) in [6.45, 7) is 2.19. The maximum absolute atomic E-state index is 11.9. The van der Waals surface area contributed by atoms with Gasteiger partial charge in [0.15, 0.2) is 0 Å². The maximum Gasteiger partial charge on any atom is 0.356 e. The molecule has 0 bridgehead atoms. The monoisotopic (exact) mass is 232 g/mol. The number of aromatic nitrogens is 1. The summed E-state index contributed by atoms with van der Waals surface area (Å²) in [5, 5.41) is 2.90. The molecular weight excluding hydrogens is 216 g/mol. The molecule has 0 saturated heterocycles. The molecule has 90 valence electrons. The molecule has 0 fully saturated rings. The van der Waals surface area contributed by atoms with Crippen molar-refractivity contribution in [1.29, 1.82) is 0 Å². The molecule has 0 saturated carbocycles. The van der Waals surface area contributed by atoms with Gasteiger partial charge in [0.05, 0.1) is 12.1 Å². The summed E-state index contributed by atoms with van der Waals surface area (Å²) < 4.78 is 6.92. The minimum Gasteiger partial charge on any atom is -0.461 e. The molecule has 0 aliphatic heterocycles. The molecule has 0 unspecified atom stereocenters. The van der Waals surface area contributed by atoms with Crippen LogP contribution in [-0.4, -0.2) is 31.3 Å². The summed E-state index contributed by atoms with van der Waals surface area (Å²) in [6.07, 6.45) is 0. The van der Waals surface area contributed by atoms with Gasteiger partial charge in [0.25, 0.3) is 0 Å². The van der Waals surface area contributed by atoms with Crippen molar-refractivity contribution >= 4 is 16.9 Å². The highest BCUT2D eigenvalue weighted by molar-refractivity contribution is 5.95. The summed E-state index contributed by atoms with van der Waals surface area (Å²) in [7, 11) is 3.80. The Morgan fingerprint density at radius 3 is 2.71 bits per heavy atom. The van der Waals surface area contributed by atoms with Gasteiger partial charge in [-0.05, 0) is 19.1 Å². The average molecular weight is 232 g/mol. The first-order chi connectivity index (χ1) is 8.15. The molecule has 1 heterocycles. The van der Waals surface area contributed by atoms with Gasteiger partial charge < -0.3 is 9.75 Å². The Labute approximate surface area is 100 Å². The second-order valence-corrected chi connectivity index (χ2v) is 3.97. The van der Waals surface area contributed by atoms with E-state index in [-0.39, 0.29) is 5.97 Å². The highest BCUT2D eigenvalue weighted by atomic mass is 16.5. The van der Waals surface area contributed by atoms with Crippen molar-refractivity contribution in [3.63, 3.8) is 0 Å². The van der Waals surface area contributed by atoms with Crippen molar-refractivity contribution in [1.82, 2.24) is 4.68 Å². The van der Waals surface area contributed by atoms with E-state index in [0.29, 0.717) is 12.3 Å². The van der Waals surface area contributed by atoms with E-state index < -0.39 is 0 Å². The Hall–Kier alpha value is -1.97. The van der Waals surface area contributed by atoms with E-state index in [0.717, 1.165) is 10.9 Å². The van der Waals surface area contributed by atoms with Crippen LogP contribution in [0.15, 0.2) is 30.3 Å². The molecular formula is C13H16N2O2. The van der Waals surface area contributed by atoms with Gasteiger partial charge in [-0.2, -0.15) is 0 Å². The van der Waals surface area contributed by atoms with Gasteiger partial charge in [0, 0.05) is 19.5 Å². The summed E-state index contributed by atoms with van der Waals surface area (Å²) >= 11 is 0. The first kappa shape index (κ1) is 11.5. The topological polar surface area (TPSA) is 34.5 Å². The Morgan fingerprint density at radius 2 is 2.06 bits per heavy atom. The van der Waals surface area contributed by atoms with Crippen LogP contribution in [0.25, 0.3) is 10.9 Å². The van der Waals surface area contributed by atoms with Crippen molar-refractivity contribution in [3.8, 4) is 0 Å². The molecule has 17 heavy (non-hydrogen) atoms. The fourth-order valence-corrected chi connectivity index (χ4v) is 1.92. The number of para-hydroxylation sites is 1. The number of esters is 1. The molecule has 0 N–H and O–H groups in total. The molecule has 0 aliphatic carbocycles. The van der Waals surface area contributed by atoms with E-state index in [1.807, 2.05) is 54.1 Å². The largest absolute Gasteiger partial charge is 0.461 e. The van der Waals surface area contributed by atoms with E-state index in [1.165, 1.54) is 0 Å². The SMILES string of the molecule is CCOC(=O)c1cc2ccccc2n1N(C)C. The summed E-state index contributed by atoms with van der Waals surface area (Å²) in [5.74, 6) is -0.294. The Morgan fingerprint density at radius 1 is 1.35 bits per heavy atom. The van der Waals surface area contributed by atoms with E-state index >= 15 is 0 Å². The van der Waals surface area contributed by atoms with Crippen molar-refractivity contribution in [2.75, 3.05) is 25.7 Å². The lowest BCUT2D eigenvalue weighted by Crippen LogP contribution is -2.28. The van der Waals surface area contributed by atoms with Crippen LogP contribution in [0.4, 0.5) is 0 Å². The molecule has 0 atom stereocenters. The van der Waals surface area contributed by atoms with Gasteiger partial charge in [-0.1, -0.05) is 18.2 Å². The van der Waals surface area contributed by atoms with Gasteiger partial charge >= 0.3 is 5.97 Å². The van der Waals surface area contributed by atoms with Gasteiger partial charge in [0.2, 0.25) is 0 Å². The fourth-order valence-electron chi connectivity index (χ4n) is 1.92. The summed E-state index contributed by atoms with van der Waals surface area (Å²) in [5.41, 5.74) is 1.55. The Balaban J connectivity index is 2.61. The summed E-state index contributed by atoms with van der Waals surface area (Å²) in [6, 6.07) is 9.73. The molecule has 0 radical (unpaired) electrons. The molecule has 1 aromatic heterocycles. The van der Waals surface area contributed by atoms with Crippen LogP contribution in [0.2, 0.25) is 0 Å². The molecule has 4 heteroatoms. The van der Waals surface area contributed by atoms with Crippen molar-refractivity contribution in [3.05, 3.63) is 36.0 Å². The molecule has 1 aromatic carbocycles. The number of ether oxygens (including phenoxy) is 1. The van der Waals surface area contributed by atoms with E-state index in [2.05, 4.69) is 0 Å². The zero-order chi connectivity index (χ0) is 12.4. The van der Waals surface area contributed by atoms with E-state index in [1.54, 1.807) is 6.92 Å². The molecule has 2 aromatic rings. The number of rotatable bonds is 3. The van der Waals surface area contributed by atoms with Crippen LogP contribution in [-0.2, 0) is 4.74 Å². The molecule has 0 spiro atoms. The predicted octanol–water partition coefficient (Wildman–Crippen LogP) is 2.02. The number of hydrogen-bond acceptors (Lipinski definition) is 3. The molecule has 0 aliphatic rings. The second-order valence-electron chi connectivity index (χ2n) is 3.97. The van der Waals surface area contributed by atoms with Crippen LogP contribution in [0.5, 0.6) is 0 Å². The van der Waals surface area contributed by atoms with Crippen LogP contribution < -0.4 is 5.01 Å². The highest BCUT2D eigenvalue weighted by Crippen LogP contribution is 2.20. The number of nitrogens with zero attached hydrogens (tertiary/aromatic N) is 2. The predicted molar refractivity (Wildman–Crippen MR) is 68.0 cm³/mol. The quantitative estimate of drug-likeness (QED) is 0.759. The molecule has 0 amide bonds. The van der Waals surface area contributed by atoms with E-state index in [9.17, 15) is 4.79 Å². The minimum atomic E-state index is -0.294. The zero-order valence-electron chi connectivity index (χ0n) is 10.3. The number of fused-ring (bicyclic) bond motifs is 1. The normalized spacial score (nSPS) is 10.5. The minimum absolute atomic E-state index is 0.294. The summed E-state index contributed by atoms with van der Waals surface area (Å²) in [4.78, 5) is 11.9. The number of benzene rings is 1. The lowest BCUT2D eigenvalue weighted by Gasteiger charge is -2.18. The standard InChI is InChI=1S/C13H16N2O2/c1-4-17-13(16)12-9-10-7-5-6-8-11(10)15(12)14(2)3/h5-9H,4H2,1-3H3. The molecule has 2 rings (SSSR count). The number of carbonyl (C=O) groups excluding carboxylic acids is 1. The Kier molecular flexibility index (Phi) is 3.04. The smallest absolute Gasteiger partial charge is 0.356 e. The zero-order valence-corrected chi connectivity index (χ0v) is 10.3. The van der Waals surface area contributed by atoms with Crippen molar-refractivity contribution in [2.45, 2.75) is 6.92 Å². The first-order valence-electron chi connectivity index (χ1n) is 5.60. The second kappa shape index (κ2) is 4.49. The van der Waals surface area contributed by atoms with Crippen molar-refractivity contribution < 1.29 is 9.53 Å². The van der Waals surface area contributed by atoms with Crippen LogP contribution >= 0.6 is 0 Å². The third-order valence-corrected chi connectivity index (χ3v) is 2.57. The Bertz CT molecular complexity index is 543. The van der Waals surface area contributed by atoms with Gasteiger partial charge in [-0.3, -0.25) is 4.68 Å². The third-order valence-electron chi connectivity index (χ3n) is 2.57. The van der Waals surface area contributed by atoms with Gasteiger partial charge in [-0.15, -0.1) is 0 Å². The van der Waals surface area contributed by atoms with Crippen LogP contribution in [0.3, 0.4) is 0 Å². The van der Waals surface area contributed by atoms with Gasteiger partial charge in [0.1, 0.15) is 5.69 Å². The lowest BCUT2D eigenvalue weighted by molar-refractivity contribution is 0.0514. The van der Waals surface area contributed by atoms with Crippen molar-refractivity contribution in [2.24, 2.45) is 0 Å². The third kappa shape index (κ3) is 1.98. The number of carbonyl (C=O) groups is 1. The van der Waals surface area contributed by atoms with Crippen LogP contribution in [0.1, 0.15) is 17.4 Å². The number of hydrogen-bond donors (Lipinski definition) is 0. The lowest BCUT2D eigenvalue weighted by atomic mass is 10.2. The fraction of sp³-hybridized carbons (Fsp3) is 0.308. The first-order valence-corrected chi connectivity index (χ1v) is 5.60. The molecule has 4 nitrogen and oxygen atoms in total. The maximum atomic E-state index is 11.9. The van der Waals surface area contributed by atoms with Crippen LogP contribution in [0, 0.1) is 0 Å².